The highest BCUT2D eigenvalue weighted by molar-refractivity contribution is 7.92. The third-order valence-corrected chi connectivity index (χ3v) is 5.16. The highest BCUT2D eigenvalue weighted by Crippen LogP contribution is 2.27. The maximum atomic E-state index is 14.0. The summed E-state index contributed by atoms with van der Waals surface area (Å²) in [5.74, 6) is -0.805. The van der Waals surface area contributed by atoms with Gasteiger partial charge in [0.25, 0.3) is 10.0 Å². The van der Waals surface area contributed by atoms with E-state index in [-0.39, 0.29) is 5.69 Å². The molecular formula is C15H17FN2O2S. The summed E-state index contributed by atoms with van der Waals surface area (Å²) in [6, 6.07) is 9.21. The summed E-state index contributed by atoms with van der Waals surface area (Å²) in [6.45, 7) is 3.52. The van der Waals surface area contributed by atoms with Crippen molar-refractivity contribution in [3.8, 4) is 0 Å². The van der Waals surface area contributed by atoms with Gasteiger partial charge in [-0.3, -0.25) is 4.31 Å². The fourth-order valence-electron chi connectivity index (χ4n) is 1.91. The number of hydrogen-bond donors (Lipinski definition) is 1. The minimum absolute atomic E-state index is 0.243. The van der Waals surface area contributed by atoms with Gasteiger partial charge in [0, 0.05) is 12.7 Å². The van der Waals surface area contributed by atoms with E-state index in [4.69, 9.17) is 5.73 Å². The standard InChI is InChI=1S/C15H17FN2O2S/c1-10-4-6-12(7-5-10)18(3)21(19,20)15-9-14(17)11(2)8-13(15)16/h4-9H,17H2,1-3H3. The van der Waals surface area contributed by atoms with E-state index in [9.17, 15) is 12.8 Å². The van der Waals surface area contributed by atoms with Crippen LogP contribution in [0, 0.1) is 19.7 Å². The van der Waals surface area contributed by atoms with Gasteiger partial charge in [0.05, 0.1) is 5.69 Å². The number of benzene rings is 2. The second-order valence-electron chi connectivity index (χ2n) is 4.95. The molecule has 2 rings (SSSR count). The van der Waals surface area contributed by atoms with E-state index in [0.717, 1.165) is 22.0 Å². The normalized spacial score (nSPS) is 11.4. The fraction of sp³-hybridized carbons (Fsp3) is 0.200. The van der Waals surface area contributed by atoms with Crippen LogP contribution in [-0.2, 0) is 10.0 Å². The Morgan fingerprint density at radius 2 is 1.67 bits per heavy atom. The molecule has 0 amide bonds. The van der Waals surface area contributed by atoms with Crippen LogP contribution in [0.3, 0.4) is 0 Å². The Hall–Kier alpha value is -2.08. The van der Waals surface area contributed by atoms with Crippen molar-refractivity contribution in [1.82, 2.24) is 0 Å². The highest BCUT2D eigenvalue weighted by atomic mass is 32.2. The molecule has 2 N–H and O–H groups in total. The molecule has 2 aromatic carbocycles. The summed E-state index contributed by atoms with van der Waals surface area (Å²) in [5.41, 5.74) is 7.91. The van der Waals surface area contributed by atoms with Gasteiger partial charge >= 0.3 is 0 Å². The highest BCUT2D eigenvalue weighted by Gasteiger charge is 2.25. The topological polar surface area (TPSA) is 63.4 Å². The van der Waals surface area contributed by atoms with E-state index < -0.39 is 20.7 Å². The summed E-state index contributed by atoms with van der Waals surface area (Å²) in [7, 11) is -2.61. The van der Waals surface area contributed by atoms with Gasteiger partial charge < -0.3 is 5.73 Å². The van der Waals surface area contributed by atoms with Crippen LogP contribution in [0.2, 0.25) is 0 Å². The molecule has 4 nitrogen and oxygen atoms in total. The van der Waals surface area contributed by atoms with Gasteiger partial charge in [-0.25, -0.2) is 12.8 Å². The minimum Gasteiger partial charge on any atom is -0.398 e. The van der Waals surface area contributed by atoms with Crippen molar-refractivity contribution in [2.24, 2.45) is 0 Å². The number of rotatable bonds is 3. The minimum atomic E-state index is -4.00. The predicted molar refractivity (Wildman–Crippen MR) is 82.3 cm³/mol. The number of hydrogen-bond acceptors (Lipinski definition) is 3. The number of halogens is 1. The van der Waals surface area contributed by atoms with Crippen LogP contribution in [-0.4, -0.2) is 15.5 Å². The summed E-state index contributed by atoms with van der Waals surface area (Å²) in [5, 5.41) is 0. The zero-order valence-corrected chi connectivity index (χ0v) is 12.9. The molecule has 0 unspecified atom stereocenters. The van der Waals surface area contributed by atoms with Gasteiger partial charge in [-0.05, 0) is 43.7 Å². The lowest BCUT2D eigenvalue weighted by Gasteiger charge is -2.20. The molecule has 0 saturated heterocycles. The summed E-state index contributed by atoms with van der Waals surface area (Å²) in [6.07, 6.45) is 0. The van der Waals surface area contributed by atoms with E-state index in [1.165, 1.54) is 7.05 Å². The fourth-order valence-corrected chi connectivity index (χ4v) is 3.18. The number of anilines is 2. The molecule has 0 fully saturated rings. The Morgan fingerprint density at radius 1 is 1.10 bits per heavy atom. The Balaban J connectivity index is 2.51. The zero-order chi connectivity index (χ0) is 15.8. The molecule has 0 spiro atoms. The second-order valence-corrected chi connectivity index (χ2v) is 6.88. The summed E-state index contributed by atoms with van der Waals surface area (Å²) >= 11 is 0. The van der Waals surface area contributed by atoms with Crippen molar-refractivity contribution >= 4 is 21.4 Å². The van der Waals surface area contributed by atoms with E-state index in [2.05, 4.69) is 0 Å². The van der Waals surface area contributed by atoms with Crippen molar-refractivity contribution < 1.29 is 12.8 Å². The number of nitrogen functional groups attached to an aromatic ring is 1. The van der Waals surface area contributed by atoms with Gasteiger partial charge in [0.2, 0.25) is 0 Å². The van der Waals surface area contributed by atoms with Crippen LogP contribution in [0.15, 0.2) is 41.3 Å². The van der Waals surface area contributed by atoms with Crippen LogP contribution in [0.25, 0.3) is 0 Å². The smallest absolute Gasteiger partial charge is 0.267 e. The quantitative estimate of drug-likeness (QED) is 0.887. The van der Waals surface area contributed by atoms with E-state index in [1.807, 2.05) is 6.92 Å². The maximum Gasteiger partial charge on any atom is 0.267 e. The molecule has 0 aliphatic rings. The lowest BCUT2D eigenvalue weighted by Crippen LogP contribution is -2.27. The number of aryl methyl sites for hydroxylation is 2. The summed E-state index contributed by atoms with van der Waals surface area (Å²) in [4.78, 5) is -0.423. The number of nitrogens with two attached hydrogens (primary N) is 1. The molecule has 0 bridgehead atoms. The van der Waals surface area contributed by atoms with Crippen molar-refractivity contribution in [3.63, 3.8) is 0 Å². The van der Waals surface area contributed by atoms with Crippen LogP contribution in [0.4, 0.5) is 15.8 Å². The number of sulfonamides is 1. The van der Waals surface area contributed by atoms with Crippen LogP contribution in [0.1, 0.15) is 11.1 Å². The van der Waals surface area contributed by atoms with Gasteiger partial charge in [0.15, 0.2) is 0 Å². The van der Waals surface area contributed by atoms with Crippen molar-refractivity contribution in [1.29, 1.82) is 0 Å². The van der Waals surface area contributed by atoms with Gasteiger partial charge in [-0.1, -0.05) is 17.7 Å². The monoisotopic (exact) mass is 308 g/mol. The SMILES string of the molecule is Cc1ccc(N(C)S(=O)(=O)c2cc(N)c(C)cc2F)cc1. The number of nitrogens with zero attached hydrogens (tertiary/aromatic N) is 1. The zero-order valence-electron chi connectivity index (χ0n) is 12.1. The first-order valence-electron chi connectivity index (χ1n) is 6.34. The lowest BCUT2D eigenvalue weighted by atomic mass is 10.2. The van der Waals surface area contributed by atoms with E-state index in [0.29, 0.717) is 11.3 Å². The van der Waals surface area contributed by atoms with Crippen molar-refractivity contribution in [3.05, 3.63) is 53.3 Å². The largest absolute Gasteiger partial charge is 0.398 e. The first kappa shape index (κ1) is 15.3. The average molecular weight is 308 g/mol. The molecule has 2 aromatic rings. The Morgan fingerprint density at radius 3 is 2.24 bits per heavy atom. The molecule has 0 aliphatic carbocycles. The van der Waals surface area contributed by atoms with Gasteiger partial charge in [-0.15, -0.1) is 0 Å². The Labute approximate surface area is 124 Å². The molecule has 0 radical (unpaired) electrons. The molecule has 0 heterocycles. The molecule has 21 heavy (non-hydrogen) atoms. The van der Waals surface area contributed by atoms with Crippen LogP contribution in [0.5, 0.6) is 0 Å². The maximum absolute atomic E-state index is 14.0. The first-order valence-corrected chi connectivity index (χ1v) is 7.78. The molecule has 0 saturated carbocycles. The van der Waals surface area contributed by atoms with E-state index in [1.54, 1.807) is 31.2 Å². The molecule has 112 valence electrons. The summed E-state index contributed by atoms with van der Waals surface area (Å²) < 4.78 is 40.1. The average Bonchev–Trinajstić information content (AvgIpc) is 2.42. The predicted octanol–water partition coefficient (Wildman–Crippen LogP) is 2.85. The lowest BCUT2D eigenvalue weighted by molar-refractivity contribution is 0.565. The van der Waals surface area contributed by atoms with Crippen LogP contribution >= 0.6 is 0 Å². The first-order chi connectivity index (χ1) is 9.73. The van der Waals surface area contributed by atoms with Crippen molar-refractivity contribution in [2.45, 2.75) is 18.7 Å². The Bertz CT molecular complexity index is 771. The van der Waals surface area contributed by atoms with Crippen molar-refractivity contribution in [2.75, 3.05) is 17.1 Å². The molecule has 0 aliphatic heterocycles. The van der Waals surface area contributed by atoms with Gasteiger partial charge in [-0.2, -0.15) is 0 Å². The Kier molecular flexibility index (Phi) is 3.91. The molecular weight excluding hydrogens is 291 g/mol. The van der Waals surface area contributed by atoms with E-state index >= 15 is 0 Å². The molecule has 0 atom stereocenters. The second kappa shape index (κ2) is 5.37. The third-order valence-electron chi connectivity index (χ3n) is 3.36. The van der Waals surface area contributed by atoms with Gasteiger partial charge in [0.1, 0.15) is 10.7 Å². The molecule has 6 heteroatoms. The molecule has 0 aromatic heterocycles. The third kappa shape index (κ3) is 2.85. The van der Waals surface area contributed by atoms with Crippen LogP contribution < -0.4 is 10.0 Å².